The number of nitrogens with one attached hydrogen (secondary N) is 1. The zero-order valence-corrected chi connectivity index (χ0v) is 17.8. The Morgan fingerprint density at radius 3 is 2.82 bits per heavy atom. The fourth-order valence-corrected chi connectivity index (χ4v) is 5.93. The van der Waals surface area contributed by atoms with Gasteiger partial charge in [0.1, 0.15) is 0 Å². The third-order valence-electron chi connectivity index (χ3n) is 5.57. The Morgan fingerprint density at radius 1 is 1.32 bits per heavy atom. The molecule has 4 rings (SSSR count). The smallest absolute Gasteiger partial charge is 0.214 e. The first-order valence-electron chi connectivity index (χ1n) is 9.31. The van der Waals surface area contributed by atoms with E-state index in [9.17, 15) is 8.42 Å². The predicted octanol–water partition coefficient (Wildman–Crippen LogP) is 3.12. The highest BCUT2D eigenvalue weighted by atomic mass is 35.5. The number of halogens is 1. The second kappa shape index (κ2) is 7.04. The number of fused-ring (bicyclic) bond motifs is 1. The molecule has 0 bridgehead atoms. The zero-order chi connectivity index (χ0) is 20.1. The van der Waals surface area contributed by atoms with E-state index >= 15 is 0 Å². The minimum atomic E-state index is -2.94. The largest absolute Gasteiger partial charge is 0.369 e. The topological polar surface area (TPSA) is 69.3 Å². The maximum absolute atomic E-state index is 11.9. The van der Waals surface area contributed by atoms with E-state index in [-0.39, 0.29) is 17.5 Å². The van der Waals surface area contributed by atoms with Crippen LogP contribution >= 0.6 is 11.6 Å². The molecule has 3 aromatic rings. The summed E-state index contributed by atoms with van der Waals surface area (Å²) in [5.74, 6) is 0.435. The van der Waals surface area contributed by atoms with E-state index in [1.165, 1.54) is 0 Å². The van der Waals surface area contributed by atoms with Gasteiger partial charge in [-0.05, 0) is 32.4 Å². The molecule has 1 saturated heterocycles. The van der Waals surface area contributed by atoms with Gasteiger partial charge in [0.05, 0.1) is 34.3 Å². The molecule has 0 unspecified atom stereocenters. The number of anilines is 1. The van der Waals surface area contributed by atoms with Crippen LogP contribution in [0.15, 0.2) is 30.5 Å². The van der Waals surface area contributed by atoms with Crippen LogP contribution < -0.4 is 9.88 Å². The summed E-state index contributed by atoms with van der Waals surface area (Å²) >= 11 is 6.12. The number of rotatable bonds is 4. The Bertz CT molecular complexity index is 1160. The maximum Gasteiger partial charge on any atom is 0.214 e. The molecule has 1 aliphatic heterocycles. The fourth-order valence-electron chi connectivity index (χ4n) is 4.06. The molecule has 3 heterocycles. The minimum absolute atomic E-state index is 0.0583. The van der Waals surface area contributed by atoms with E-state index in [0.29, 0.717) is 18.0 Å². The quantitative estimate of drug-likeness (QED) is 0.651. The maximum atomic E-state index is 11.9. The zero-order valence-electron chi connectivity index (χ0n) is 16.2. The number of pyridine rings is 1. The molecule has 0 radical (unpaired) electrons. The van der Waals surface area contributed by atoms with Gasteiger partial charge in [-0.25, -0.2) is 13.4 Å². The van der Waals surface area contributed by atoms with Gasteiger partial charge in [-0.2, -0.15) is 5.10 Å². The SMILES string of the molecule is Cc1nn([C@@H]2CCS(=O)(=O)C2)c(C)c1CN(C)c1cc[nH+]c2cc(Cl)ccc12. The molecule has 1 fully saturated rings. The molecule has 1 N–H and O–H groups in total. The normalized spacial score (nSPS) is 18.6. The number of H-pyrrole nitrogens is 1. The molecule has 148 valence electrons. The van der Waals surface area contributed by atoms with E-state index in [4.69, 9.17) is 11.6 Å². The molecule has 0 amide bonds. The first kappa shape index (κ1) is 19.2. The lowest BCUT2D eigenvalue weighted by atomic mass is 10.1. The average molecular weight is 420 g/mol. The minimum Gasteiger partial charge on any atom is -0.369 e. The number of aromatic nitrogens is 3. The molecule has 1 aromatic carbocycles. The van der Waals surface area contributed by atoms with Crippen molar-refractivity contribution in [2.75, 3.05) is 23.5 Å². The van der Waals surface area contributed by atoms with Crippen molar-refractivity contribution in [3.8, 4) is 0 Å². The van der Waals surface area contributed by atoms with Crippen LogP contribution in [0.4, 0.5) is 5.69 Å². The van der Waals surface area contributed by atoms with Crippen molar-refractivity contribution in [1.82, 2.24) is 9.78 Å². The lowest BCUT2D eigenvalue weighted by Crippen LogP contribution is -2.19. The number of hydrogen-bond acceptors (Lipinski definition) is 4. The third kappa shape index (κ3) is 3.49. The summed E-state index contributed by atoms with van der Waals surface area (Å²) in [6.07, 6.45) is 2.55. The van der Waals surface area contributed by atoms with Crippen molar-refractivity contribution in [2.24, 2.45) is 0 Å². The Balaban J connectivity index is 1.65. The second-order valence-corrected chi connectivity index (χ2v) is 10.2. The summed E-state index contributed by atoms with van der Waals surface area (Å²) in [5.41, 5.74) is 5.21. The fraction of sp³-hybridized carbons (Fsp3) is 0.400. The predicted molar refractivity (Wildman–Crippen MR) is 112 cm³/mol. The monoisotopic (exact) mass is 419 g/mol. The van der Waals surface area contributed by atoms with Crippen LogP contribution in [0, 0.1) is 13.8 Å². The molecule has 0 spiro atoms. The van der Waals surface area contributed by atoms with Crippen molar-refractivity contribution >= 4 is 38.0 Å². The Hall–Kier alpha value is -2.12. The molecule has 8 heteroatoms. The van der Waals surface area contributed by atoms with E-state index in [2.05, 4.69) is 28.1 Å². The summed E-state index contributed by atoms with van der Waals surface area (Å²) < 4.78 is 25.7. The van der Waals surface area contributed by atoms with Crippen LogP contribution in [0.3, 0.4) is 0 Å². The highest BCUT2D eigenvalue weighted by Crippen LogP contribution is 2.30. The van der Waals surface area contributed by atoms with E-state index in [1.807, 2.05) is 42.9 Å². The summed E-state index contributed by atoms with van der Waals surface area (Å²) in [6, 6.07) is 7.83. The number of nitrogens with zero attached hydrogens (tertiary/aromatic N) is 3. The van der Waals surface area contributed by atoms with E-state index in [1.54, 1.807) is 0 Å². The van der Waals surface area contributed by atoms with Crippen molar-refractivity contribution in [2.45, 2.75) is 32.9 Å². The van der Waals surface area contributed by atoms with Crippen LogP contribution in [0.1, 0.15) is 29.4 Å². The van der Waals surface area contributed by atoms with Gasteiger partial charge in [0, 0.05) is 42.0 Å². The van der Waals surface area contributed by atoms with Gasteiger partial charge >= 0.3 is 0 Å². The average Bonchev–Trinajstić information content (AvgIpc) is 3.14. The van der Waals surface area contributed by atoms with Crippen molar-refractivity contribution in [1.29, 1.82) is 0 Å². The van der Waals surface area contributed by atoms with Crippen molar-refractivity contribution in [3.05, 3.63) is 52.4 Å². The number of aryl methyl sites for hydroxylation is 1. The molecule has 0 aliphatic carbocycles. The van der Waals surface area contributed by atoms with Gasteiger partial charge in [-0.15, -0.1) is 0 Å². The van der Waals surface area contributed by atoms with E-state index < -0.39 is 9.84 Å². The van der Waals surface area contributed by atoms with Crippen molar-refractivity contribution < 1.29 is 13.4 Å². The summed E-state index contributed by atoms with van der Waals surface area (Å²) in [4.78, 5) is 5.43. The lowest BCUT2D eigenvalue weighted by molar-refractivity contribution is -0.344. The highest BCUT2D eigenvalue weighted by Gasteiger charge is 2.31. The number of hydrogen-bond donors (Lipinski definition) is 0. The van der Waals surface area contributed by atoms with Gasteiger partial charge < -0.3 is 4.90 Å². The molecule has 1 aliphatic rings. The van der Waals surface area contributed by atoms with Gasteiger partial charge in [-0.3, -0.25) is 4.68 Å². The first-order chi connectivity index (χ1) is 13.2. The molecular formula is C20H24ClN4O2S+. The van der Waals surface area contributed by atoms with Crippen LogP contribution in [-0.4, -0.2) is 36.8 Å². The summed E-state index contributed by atoms with van der Waals surface area (Å²) in [6.45, 7) is 4.72. The Morgan fingerprint density at radius 2 is 2.11 bits per heavy atom. The molecule has 0 saturated carbocycles. The lowest BCUT2D eigenvalue weighted by Gasteiger charge is -2.20. The van der Waals surface area contributed by atoms with E-state index in [0.717, 1.165) is 33.5 Å². The van der Waals surface area contributed by atoms with Gasteiger partial charge in [0.2, 0.25) is 5.52 Å². The number of aromatic amines is 1. The first-order valence-corrected chi connectivity index (χ1v) is 11.5. The van der Waals surface area contributed by atoms with Gasteiger partial charge in [-0.1, -0.05) is 11.6 Å². The molecule has 2 aromatic heterocycles. The van der Waals surface area contributed by atoms with Gasteiger partial charge in [0.15, 0.2) is 16.0 Å². The highest BCUT2D eigenvalue weighted by molar-refractivity contribution is 7.91. The van der Waals surface area contributed by atoms with Crippen LogP contribution in [-0.2, 0) is 16.4 Å². The Labute approximate surface area is 170 Å². The standard InChI is InChI=1S/C20H23ClN4O2S/c1-13-18(14(2)25(23-13)16-7-9-28(26,27)12-16)11-24(3)20-6-8-22-19-10-15(21)4-5-17(19)20/h4-6,8,10,16H,7,9,11-12H2,1-3H3/p+1/t16-/m1/s1. The summed E-state index contributed by atoms with van der Waals surface area (Å²) in [5, 5.41) is 6.47. The number of sulfone groups is 1. The number of benzene rings is 1. The molecule has 1 atom stereocenters. The van der Waals surface area contributed by atoms with Crippen molar-refractivity contribution in [3.63, 3.8) is 0 Å². The third-order valence-corrected chi connectivity index (χ3v) is 7.56. The van der Waals surface area contributed by atoms with Crippen LogP contribution in [0.25, 0.3) is 10.9 Å². The Kier molecular flexibility index (Phi) is 4.83. The van der Waals surface area contributed by atoms with Gasteiger partial charge in [0.25, 0.3) is 0 Å². The second-order valence-electron chi connectivity index (χ2n) is 7.56. The summed E-state index contributed by atoms with van der Waals surface area (Å²) in [7, 11) is -0.888. The molecular weight excluding hydrogens is 396 g/mol. The molecule has 6 nitrogen and oxygen atoms in total. The molecule has 28 heavy (non-hydrogen) atoms. The van der Waals surface area contributed by atoms with Crippen LogP contribution in [0.5, 0.6) is 0 Å². The van der Waals surface area contributed by atoms with Crippen LogP contribution in [0.2, 0.25) is 5.02 Å².